The minimum atomic E-state index is -0.287. The number of ether oxygens (including phenoxy) is 1. The highest BCUT2D eigenvalue weighted by Crippen LogP contribution is 2.14. The molecule has 2 nitrogen and oxygen atoms in total. The predicted molar refractivity (Wildman–Crippen MR) is 50.0 cm³/mol. The summed E-state index contributed by atoms with van der Waals surface area (Å²) in [5.74, 6) is -0.0660. The zero-order valence-electron chi connectivity index (χ0n) is 8.64. The first-order valence-electron chi connectivity index (χ1n) is 4.73. The van der Waals surface area contributed by atoms with E-state index in [-0.39, 0.29) is 11.6 Å². The highest BCUT2D eigenvalue weighted by atomic mass is 16.6. The van der Waals surface area contributed by atoms with Crippen molar-refractivity contribution in [3.8, 4) is 0 Å². The zero-order valence-corrected chi connectivity index (χ0v) is 8.64. The first-order chi connectivity index (χ1) is 5.52. The molecule has 0 aliphatic rings. The third-order valence-corrected chi connectivity index (χ3v) is 1.98. The Bertz CT molecular complexity index is 139. The number of hydrogen-bond acceptors (Lipinski definition) is 2. The van der Waals surface area contributed by atoms with Gasteiger partial charge in [-0.15, -0.1) is 0 Å². The number of esters is 1. The van der Waals surface area contributed by atoms with Crippen molar-refractivity contribution in [3.05, 3.63) is 0 Å². The van der Waals surface area contributed by atoms with Gasteiger partial charge in [-0.2, -0.15) is 0 Å². The molecule has 72 valence electrons. The second-order valence-corrected chi connectivity index (χ2v) is 3.69. The Kier molecular flexibility index (Phi) is 4.95. The summed E-state index contributed by atoms with van der Waals surface area (Å²) in [5, 5.41) is 0. The molecule has 0 spiro atoms. The highest BCUT2D eigenvalue weighted by molar-refractivity contribution is 5.69. The lowest BCUT2D eigenvalue weighted by atomic mass is 10.1. The molecule has 0 saturated heterocycles. The van der Waals surface area contributed by atoms with Gasteiger partial charge in [0, 0.05) is 6.42 Å². The number of rotatable bonds is 5. The Balaban J connectivity index is 3.68. The number of unbranched alkanes of at least 4 members (excludes halogenated alkanes) is 1. The molecule has 0 rings (SSSR count). The van der Waals surface area contributed by atoms with Crippen LogP contribution in [0.25, 0.3) is 0 Å². The van der Waals surface area contributed by atoms with Gasteiger partial charge in [0.15, 0.2) is 0 Å². The van der Waals surface area contributed by atoms with E-state index >= 15 is 0 Å². The largest absolute Gasteiger partial charge is 0.460 e. The summed E-state index contributed by atoms with van der Waals surface area (Å²) >= 11 is 0. The normalized spacial score (nSPS) is 11.3. The van der Waals surface area contributed by atoms with Gasteiger partial charge in [-0.1, -0.05) is 20.3 Å². The van der Waals surface area contributed by atoms with Crippen LogP contribution in [-0.2, 0) is 9.53 Å². The van der Waals surface area contributed by atoms with Crippen molar-refractivity contribution in [2.75, 3.05) is 0 Å². The molecule has 0 unspecified atom stereocenters. The van der Waals surface area contributed by atoms with E-state index in [1.165, 1.54) is 0 Å². The van der Waals surface area contributed by atoms with E-state index < -0.39 is 0 Å². The fourth-order valence-electron chi connectivity index (χ4n) is 0.752. The van der Waals surface area contributed by atoms with Gasteiger partial charge in [0.2, 0.25) is 0 Å². The SMILES string of the molecule is CCCCC(=O)OC(C)(C)CC. The summed E-state index contributed by atoms with van der Waals surface area (Å²) in [6.45, 7) is 7.97. The average molecular weight is 172 g/mol. The molecule has 0 atom stereocenters. The second-order valence-electron chi connectivity index (χ2n) is 3.69. The maximum atomic E-state index is 11.2. The lowest BCUT2D eigenvalue weighted by molar-refractivity contribution is -0.156. The van der Waals surface area contributed by atoms with Gasteiger partial charge in [-0.05, 0) is 26.7 Å². The number of carbonyl (C=O) groups excluding carboxylic acids is 1. The maximum absolute atomic E-state index is 11.2. The summed E-state index contributed by atoms with van der Waals surface area (Å²) in [5.41, 5.74) is -0.287. The molecular formula is C10H20O2. The van der Waals surface area contributed by atoms with Gasteiger partial charge in [0.25, 0.3) is 0 Å². The molecule has 0 fully saturated rings. The quantitative estimate of drug-likeness (QED) is 0.596. The van der Waals surface area contributed by atoms with Crippen molar-refractivity contribution in [1.82, 2.24) is 0 Å². The Hall–Kier alpha value is -0.530. The van der Waals surface area contributed by atoms with Gasteiger partial charge < -0.3 is 4.74 Å². The summed E-state index contributed by atoms with van der Waals surface area (Å²) in [4.78, 5) is 11.2. The standard InChI is InChI=1S/C10H20O2/c1-5-7-8-9(11)12-10(3,4)6-2/h5-8H2,1-4H3. The van der Waals surface area contributed by atoms with Crippen molar-refractivity contribution in [2.45, 2.75) is 59.0 Å². The Morgan fingerprint density at radius 2 is 1.92 bits per heavy atom. The molecule has 0 aromatic heterocycles. The van der Waals surface area contributed by atoms with Crippen LogP contribution in [0.15, 0.2) is 0 Å². The van der Waals surface area contributed by atoms with Crippen LogP contribution in [-0.4, -0.2) is 11.6 Å². The molecule has 0 radical (unpaired) electrons. The van der Waals surface area contributed by atoms with Crippen molar-refractivity contribution in [3.63, 3.8) is 0 Å². The van der Waals surface area contributed by atoms with Crippen LogP contribution in [0.2, 0.25) is 0 Å². The molecule has 0 aliphatic heterocycles. The summed E-state index contributed by atoms with van der Waals surface area (Å²) in [6, 6.07) is 0. The lowest BCUT2D eigenvalue weighted by Crippen LogP contribution is -2.26. The second kappa shape index (κ2) is 5.18. The van der Waals surface area contributed by atoms with Crippen molar-refractivity contribution in [1.29, 1.82) is 0 Å². The number of hydrogen-bond donors (Lipinski definition) is 0. The van der Waals surface area contributed by atoms with Crippen molar-refractivity contribution >= 4 is 5.97 Å². The molecule has 0 aromatic carbocycles. The highest BCUT2D eigenvalue weighted by Gasteiger charge is 2.19. The lowest BCUT2D eigenvalue weighted by Gasteiger charge is -2.23. The maximum Gasteiger partial charge on any atom is 0.306 e. The van der Waals surface area contributed by atoms with Gasteiger partial charge in [0.05, 0.1) is 0 Å². The molecule has 0 heterocycles. The van der Waals surface area contributed by atoms with Gasteiger partial charge in [-0.25, -0.2) is 0 Å². The third-order valence-electron chi connectivity index (χ3n) is 1.98. The van der Waals surface area contributed by atoms with Gasteiger partial charge in [0.1, 0.15) is 5.60 Å². The van der Waals surface area contributed by atoms with E-state index in [4.69, 9.17) is 4.74 Å². The van der Waals surface area contributed by atoms with Crippen LogP contribution >= 0.6 is 0 Å². The molecule has 0 bridgehead atoms. The van der Waals surface area contributed by atoms with E-state index in [1.807, 2.05) is 20.8 Å². The molecule has 0 amide bonds. The van der Waals surface area contributed by atoms with Crippen molar-refractivity contribution in [2.24, 2.45) is 0 Å². The smallest absolute Gasteiger partial charge is 0.306 e. The zero-order chi connectivity index (χ0) is 9.61. The van der Waals surface area contributed by atoms with Crippen LogP contribution in [0.4, 0.5) is 0 Å². The molecule has 12 heavy (non-hydrogen) atoms. The Labute approximate surface area is 75.3 Å². The van der Waals surface area contributed by atoms with Crippen LogP contribution < -0.4 is 0 Å². The number of carbonyl (C=O) groups is 1. The molecule has 0 N–H and O–H groups in total. The topological polar surface area (TPSA) is 26.3 Å². The molecule has 0 aromatic rings. The predicted octanol–water partition coefficient (Wildman–Crippen LogP) is 2.91. The molecular weight excluding hydrogens is 152 g/mol. The minimum absolute atomic E-state index is 0.0660. The van der Waals surface area contributed by atoms with E-state index in [9.17, 15) is 4.79 Å². The van der Waals surface area contributed by atoms with E-state index in [1.54, 1.807) is 0 Å². The van der Waals surface area contributed by atoms with Crippen molar-refractivity contribution < 1.29 is 9.53 Å². The van der Waals surface area contributed by atoms with E-state index in [2.05, 4.69) is 6.92 Å². The van der Waals surface area contributed by atoms with Crippen LogP contribution in [0, 0.1) is 0 Å². The average Bonchev–Trinajstić information content (AvgIpc) is 2.00. The summed E-state index contributed by atoms with van der Waals surface area (Å²) in [7, 11) is 0. The molecule has 2 heteroatoms. The summed E-state index contributed by atoms with van der Waals surface area (Å²) in [6.07, 6.45) is 3.39. The van der Waals surface area contributed by atoms with Crippen LogP contribution in [0.5, 0.6) is 0 Å². The Morgan fingerprint density at radius 3 is 2.33 bits per heavy atom. The first kappa shape index (κ1) is 11.5. The van der Waals surface area contributed by atoms with Crippen LogP contribution in [0.3, 0.4) is 0 Å². The first-order valence-corrected chi connectivity index (χ1v) is 4.73. The monoisotopic (exact) mass is 172 g/mol. The van der Waals surface area contributed by atoms with E-state index in [0.717, 1.165) is 19.3 Å². The fourth-order valence-corrected chi connectivity index (χ4v) is 0.752. The Morgan fingerprint density at radius 1 is 1.33 bits per heavy atom. The third kappa shape index (κ3) is 5.16. The van der Waals surface area contributed by atoms with Crippen LogP contribution in [0.1, 0.15) is 53.4 Å². The van der Waals surface area contributed by atoms with Gasteiger partial charge in [-0.3, -0.25) is 4.79 Å². The minimum Gasteiger partial charge on any atom is -0.460 e. The summed E-state index contributed by atoms with van der Waals surface area (Å²) < 4.78 is 5.25. The molecule has 0 saturated carbocycles. The fraction of sp³-hybridized carbons (Fsp3) is 0.900. The molecule has 0 aliphatic carbocycles. The van der Waals surface area contributed by atoms with E-state index in [0.29, 0.717) is 6.42 Å². The van der Waals surface area contributed by atoms with Gasteiger partial charge >= 0.3 is 5.97 Å².